The molecule has 0 saturated heterocycles. The van der Waals surface area contributed by atoms with Gasteiger partial charge in [0.25, 0.3) is 0 Å². The maximum atomic E-state index is 11.7. The molecule has 2 aromatic rings. The number of rotatable bonds is 4. The van der Waals surface area contributed by atoms with Crippen molar-refractivity contribution in [1.82, 2.24) is 10.5 Å². The lowest BCUT2D eigenvalue weighted by Crippen LogP contribution is -2.28. The molecule has 0 bridgehead atoms. The highest BCUT2D eigenvalue weighted by Gasteiger charge is 2.10. The fourth-order valence-electron chi connectivity index (χ4n) is 1.61. The molecule has 0 aliphatic carbocycles. The summed E-state index contributed by atoms with van der Waals surface area (Å²) in [6.07, 6.45) is 1.71. The Balaban J connectivity index is 1.91. The molecule has 1 aromatic heterocycles. The van der Waals surface area contributed by atoms with Gasteiger partial charge in [0, 0.05) is 6.07 Å². The molecule has 0 spiro atoms. The average molecular weight is 230 g/mol. The Hall–Kier alpha value is -2.10. The number of benzene rings is 1. The highest BCUT2D eigenvalue weighted by Crippen LogP contribution is 2.11. The van der Waals surface area contributed by atoms with E-state index in [1.165, 1.54) is 6.26 Å². The summed E-state index contributed by atoms with van der Waals surface area (Å²) < 4.78 is 4.67. The number of amides is 1. The van der Waals surface area contributed by atoms with Gasteiger partial charge < -0.3 is 9.84 Å². The molecule has 1 aromatic carbocycles. The molecule has 1 amide bonds. The first kappa shape index (κ1) is 11.4. The highest BCUT2D eigenvalue weighted by atomic mass is 16.5. The fraction of sp³-hybridized carbons (Fsp3) is 0.231. The van der Waals surface area contributed by atoms with Gasteiger partial charge in [-0.15, -0.1) is 0 Å². The van der Waals surface area contributed by atoms with Crippen LogP contribution >= 0.6 is 0 Å². The fourth-order valence-corrected chi connectivity index (χ4v) is 1.61. The molecule has 0 radical (unpaired) electrons. The van der Waals surface area contributed by atoms with Crippen molar-refractivity contribution >= 4 is 5.91 Å². The van der Waals surface area contributed by atoms with Gasteiger partial charge in [-0.2, -0.15) is 0 Å². The van der Waals surface area contributed by atoms with Crippen LogP contribution in [-0.4, -0.2) is 11.1 Å². The van der Waals surface area contributed by atoms with Crippen LogP contribution in [0, 0.1) is 0 Å². The number of nitrogens with one attached hydrogen (secondary N) is 1. The standard InChI is InChI=1S/C13H14N2O2/c1-10(11-5-3-2-4-6-11)14-13(16)9-12-7-8-17-15-12/h2-8,10H,9H2,1H3,(H,14,16). The second kappa shape index (κ2) is 5.30. The molecule has 0 aliphatic heterocycles. The molecule has 4 heteroatoms. The molecule has 2 rings (SSSR count). The molecule has 1 atom stereocenters. The summed E-state index contributed by atoms with van der Waals surface area (Å²) in [5.41, 5.74) is 1.73. The molecule has 1 heterocycles. The van der Waals surface area contributed by atoms with E-state index >= 15 is 0 Å². The second-order valence-corrected chi connectivity index (χ2v) is 3.87. The summed E-state index contributed by atoms with van der Waals surface area (Å²) in [5, 5.41) is 6.61. The molecule has 88 valence electrons. The summed E-state index contributed by atoms with van der Waals surface area (Å²) >= 11 is 0. The number of nitrogens with zero attached hydrogens (tertiary/aromatic N) is 1. The quantitative estimate of drug-likeness (QED) is 0.875. The Morgan fingerprint density at radius 2 is 2.12 bits per heavy atom. The zero-order valence-corrected chi connectivity index (χ0v) is 9.59. The number of hydrogen-bond donors (Lipinski definition) is 1. The van der Waals surface area contributed by atoms with Crippen LogP contribution in [-0.2, 0) is 11.2 Å². The normalized spacial score (nSPS) is 12.1. The van der Waals surface area contributed by atoms with E-state index in [9.17, 15) is 4.79 Å². The van der Waals surface area contributed by atoms with Crippen LogP contribution in [0.25, 0.3) is 0 Å². The van der Waals surface area contributed by atoms with Crippen molar-refractivity contribution in [3.63, 3.8) is 0 Å². The molecule has 0 saturated carbocycles. The van der Waals surface area contributed by atoms with E-state index in [-0.39, 0.29) is 18.4 Å². The van der Waals surface area contributed by atoms with Gasteiger partial charge in [-0.3, -0.25) is 4.79 Å². The van der Waals surface area contributed by atoms with Crippen LogP contribution < -0.4 is 5.32 Å². The van der Waals surface area contributed by atoms with Gasteiger partial charge in [0.15, 0.2) is 0 Å². The van der Waals surface area contributed by atoms with E-state index in [1.807, 2.05) is 37.3 Å². The summed E-state index contributed by atoms with van der Waals surface area (Å²) in [4.78, 5) is 11.7. The van der Waals surface area contributed by atoms with E-state index in [0.717, 1.165) is 5.56 Å². The van der Waals surface area contributed by atoms with Crippen LogP contribution in [0.15, 0.2) is 47.2 Å². The topological polar surface area (TPSA) is 55.1 Å². The van der Waals surface area contributed by atoms with Crippen molar-refractivity contribution in [2.24, 2.45) is 0 Å². The van der Waals surface area contributed by atoms with E-state index in [4.69, 9.17) is 0 Å². The lowest BCUT2D eigenvalue weighted by molar-refractivity contribution is -0.121. The minimum Gasteiger partial charge on any atom is -0.364 e. The summed E-state index contributed by atoms with van der Waals surface area (Å²) in [6, 6.07) is 11.5. The van der Waals surface area contributed by atoms with Gasteiger partial charge in [0.2, 0.25) is 5.91 Å². The highest BCUT2D eigenvalue weighted by molar-refractivity contribution is 5.78. The van der Waals surface area contributed by atoms with Gasteiger partial charge in [0.05, 0.1) is 18.2 Å². The first-order valence-electron chi connectivity index (χ1n) is 5.49. The number of carbonyl (C=O) groups excluding carboxylic acids is 1. The Kier molecular flexibility index (Phi) is 3.55. The maximum Gasteiger partial charge on any atom is 0.226 e. The molecular formula is C13H14N2O2. The van der Waals surface area contributed by atoms with Crippen molar-refractivity contribution in [2.45, 2.75) is 19.4 Å². The predicted octanol–water partition coefficient (Wildman–Crippen LogP) is 2.09. The Morgan fingerprint density at radius 3 is 2.76 bits per heavy atom. The Bertz CT molecular complexity index is 465. The first-order valence-corrected chi connectivity index (χ1v) is 5.49. The van der Waals surface area contributed by atoms with Gasteiger partial charge in [-0.1, -0.05) is 35.5 Å². The molecular weight excluding hydrogens is 216 g/mol. The lowest BCUT2D eigenvalue weighted by atomic mass is 10.1. The Labute approximate surface area is 99.6 Å². The smallest absolute Gasteiger partial charge is 0.226 e. The van der Waals surface area contributed by atoms with Crippen LogP contribution in [0.4, 0.5) is 0 Å². The van der Waals surface area contributed by atoms with Crippen molar-refractivity contribution < 1.29 is 9.32 Å². The average Bonchev–Trinajstić information content (AvgIpc) is 2.82. The largest absolute Gasteiger partial charge is 0.364 e. The maximum absolute atomic E-state index is 11.7. The van der Waals surface area contributed by atoms with E-state index in [2.05, 4.69) is 15.0 Å². The third-order valence-corrected chi connectivity index (χ3v) is 2.51. The monoisotopic (exact) mass is 230 g/mol. The number of hydrogen-bond acceptors (Lipinski definition) is 3. The predicted molar refractivity (Wildman–Crippen MR) is 63.2 cm³/mol. The third kappa shape index (κ3) is 3.17. The molecule has 1 N–H and O–H groups in total. The van der Waals surface area contributed by atoms with Gasteiger partial charge in [-0.25, -0.2) is 0 Å². The second-order valence-electron chi connectivity index (χ2n) is 3.87. The van der Waals surface area contributed by atoms with Crippen molar-refractivity contribution in [3.05, 3.63) is 53.9 Å². The van der Waals surface area contributed by atoms with Gasteiger partial charge in [-0.05, 0) is 12.5 Å². The summed E-state index contributed by atoms with van der Waals surface area (Å²) in [6.45, 7) is 1.95. The SMILES string of the molecule is CC(NC(=O)Cc1ccon1)c1ccccc1. The molecule has 0 aliphatic rings. The molecule has 1 unspecified atom stereocenters. The minimum atomic E-state index is -0.0600. The lowest BCUT2D eigenvalue weighted by Gasteiger charge is -2.13. The van der Waals surface area contributed by atoms with Crippen LogP contribution in [0.1, 0.15) is 24.2 Å². The summed E-state index contributed by atoms with van der Waals surface area (Å²) in [5.74, 6) is -0.0600. The van der Waals surface area contributed by atoms with Gasteiger partial charge in [0.1, 0.15) is 6.26 Å². The van der Waals surface area contributed by atoms with Crippen LogP contribution in [0.5, 0.6) is 0 Å². The zero-order valence-electron chi connectivity index (χ0n) is 9.59. The number of carbonyl (C=O) groups is 1. The zero-order chi connectivity index (χ0) is 12.1. The van der Waals surface area contributed by atoms with Crippen molar-refractivity contribution in [3.8, 4) is 0 Å². The first-order chi connectivity index (χ1) is 8.25. The minimum absolute atomic E-state index is 0.00407. The molecule has 4 nitrogen and oxygen atoms in total. The van der Waals surface area contributed by atoms with Crippen molar-refractivity contribution in [2.75, 3.05) is 0 Å². The van der Waals surface area contributed by atoms with E-state index in [1.54, 1.807) is 6.07 Å². The third-order valence-electron chi connectivity index (χ3n) is 2.51. The van der Waals surface area contributed by atoms with E-state index < -0.39 is 0 Å². The molecule has 0 fully saturated rings. The van der Waals surface area contributed by atoms with E-state index in [0.29, 0.717) is 5.69 Å². The Morgan fingerprint density at radius 1 is 1.35 bits per heavy atom. The summed E-state index contributed by atoms with van der Waals surface area (Å²) in [7, 11) is 0. The molecule has 17 heavy (non-hydrogen) atoms. The number of aromatic nitrogens is 1. The van der Waals surface area contributed by atoms with Crippen molar-refractivity contribution in [1.29, 1.82) is 0 Å². The van der Waals surface area contributed by atoms with Crippen LogP contribution in [0.2, 0.25) is 0 Å². The van der Waals surface area contributed by atoms with Gasteiger partial charge >= 0.3 is 0 Å². The van der Waals surface area contributed by atoms with Crippen LogP contribution in [0.3, 0.4) is 0 Å².